The normalized spacial score (nSPS) is 14.6. The maximum Gasteiger partial charge on any atom is 0.216 e. The molecule has 56 heavy (non-hydrogen) atoms. The molecule has 0 aliphatic carbocycles. The Morgan fingerprint density at radius 3 is 2.14 bits per heavy atom. The second-order valence-corrected chi connectivity index (χ2v) is 27.7. The molecule has 0 saturated carbocycles. The first-order valence-corrected chi connectivity index (χ1v) is 25.9. The maximum absolute atomic E-state index is 14.7. The van der Waals surface area contributed by atoms with Gasteiger partial charge in [-0.15, -0.1) is 18.2 Å². The number of hydrogen-bond donors (Lipinski definition) is 0. The Balaban J connectivity index is 0.000000239. The summed E-state index contributed by atoms with van der Waals surface area (Å²) in [7, 11) is 0. The zero-order valence-electron chi connectivity index (χ0n) is 41.0. The van der Waals surface area contributed by atoms with Crippen LogP contribution in [-0.4, -0.2) is 28.2 Å². The molecule has 1 radical (unpaired) electrons. The summed E-state index contributed by atoms with van der Waals surface area (Å²) in [5.74, 6) is 5.76. The molecule has 3 aromatic carbocycles. The van der Waals surface area contributed by atoms with Gasteiger partial charge in [0.05, 0.1) is 11.3 Å². The first-order chi connectivity index (χ1) is 28.5. The van der Waals surface area contributed by atoms with Crippen LogP contribution in [0.2, 0.25) is 17.3 Å². The third-order valence-corrected chi connectivity index (χ3v) is 13.2. The van der Waals surface area contributed by atoms with Gasteiger partial charge in [-0.1, -0.05) is 61.5 Å². The van der Waals surface area contributed by atoms with Crippen molar-refractivity contribution in [1.82, 2.24) is 15.0 Å². The van der Waals surface area contributed by atoms with Crippen molar-refractivity contribution in [3.63, 3.8) is 0 Å². The third-order valence-electron chi connectivity index (χ3n) is 8.94. The van der Waals surface area contributed by atoms with Crippen LogP contribution in [0.5, 0.6) is 0 Å². The van der Waals surface area contributed by atoms with Crippen LogP contribution in [0.25, 0.3) is 55.8 Å². The number of halogens is 1. The second kappa shape index (κ2) is 16.9. The molecule has 4 nitrogen and oxygen atoms in total. The van der Waals surface area contributed by atoms with E-state index in [0.29, 0.717) is 33.7 Å². The van der Waals surface area contributed by atoms with Crippen molar-refractivity contribution in [3.8, 4) is 33.8 Å². The van der Waals surface area contributed by atoms with Gasteiger partial charge in [0.25, 0.3) is 0 Å². The summed E-state index contributed by atoms with van der Waals surface area (Å²) in [5, 5.41) is 1.87. The standard InChI is InChI=1S/C29H27N2O.C20H27FGeN.Ir/c1-18-8-6-9-19(2)26(18)24-13-12-22-21-10-7-11-23(27(21)32-28(22)31-24)25-16-20(14-15-30-25)17-29(3,4)5;1-14-8-9-16(17(21)10-14)19-11-15(12-20(2,3)4)18(13-23-19)22(5,6)7;/h6-10,12-16H,17H2,1-5H3;8,10-11,13H,12H2,1-7H3;/q2*-1;/i17D2;1D3,12D2;. The van der Waals surface area contributed by atoms with Gasteiger partial charge in [0.2, 0.25) is 5.71 Å². The Hall–Kier alpha value is -3.97. The van der Waals surface area contributed by atoms with Gasteiger partial charge >= 0.3 is 149 Å². The van der Waals surface area contributed by atoms with Crippen LogP contribution in [0, 0.1) is 49.5 Å². The Bertz CT molecular complexity index is 2780. The van der Waals surface area contributed by atoms with Crippen LogP contribution in [-0.2, 0) is 32.9 Å². The molecule has 4 aromatic heterocycles. The van der Waals surface area contributed by atoms with Crippen molar-refractivity contribution in [3.05, 3.63) is 131 Å². The summed E-state index contributed by atoms with van der Waals surface area (Å²) in [4.78, 5) is 13.8. The van der Waals surface area contributed by atoms with E-state index in [1.807, 2.05) is 59.7 Å². The number of nitrogens with zero attached hydrogens (tertiary/aromatic N) is 3. The average Bonchev–Trinajstić information content (AvgIpc) is 3.54. The summed E-state index contributed by atoms with van der Waals surface area (Å²) in [6.45, 7) is 13.0. The molecular weight excluding hydrogens is 930 g/mol. The number of aryl methyl sites for hydroxylation is 3. The molecule has 293 valence electrons. The third kappa shape index (κ3) is 10.1. The van der Waals surface area contributed by atoms with E-state index in [2.05, 4.69) is 77.5 Å². The van der Waals surface area contributed by atoms with Crippen LogP contribution in [0.15, 0.2) is 89.6 Å². The van der Waals surface area contributed by atoms with Crippen molar-refractivity contribution in [1.29, 1.82) is 0 Å². The van der Waals surface area contributed by atoms with E-state index >= 15 is 0 Å². The summed E-state index contributed by atoms with van der Waals surface area (Å²) < 4.78 is 79.0. The van der Waals surface area contributed by atoms with Crippen molar-refractivity contribution in [2.45, 2.75) is 92.3 Å². The summed E-state index contributed by atoms with van der Waals surface area (Å²) in [6, 6.07) is 27.5. The van der Waals surface area contributed by atoms with E-state index in [-0.39, 0.29) is 36.9 Å². The first kappa shape index (κ1) is 34.1. The number of fused-ring (bicyclic) bond motifs is 3. The predicted octanol–water partition coefficient (Wildman–Crippen LogP) is 12.8. The molecule has 0 spiro atoms. The van der Waals surface area contributed by atoms with Gasteiger partial charge in [-0.05, 0) is 60.7 Å². The SMILES string of the molecule is [2H]C([2H])([2H])c1c[c-]c(-c2cc(C([2H])([2H])C(C)(C)C)[c]([Ge]([CH3])([CH3])[CH3])cn2)c(F)c1.[2H]C([2H])(c1ccnc(-c2[c-]ccc3c2oc2nc(-c4c(C)cccc4C)ccc23)c1)C(C)(C)C.[Ir]. The second-order valence-electron chi connectivity index (χ2n) is 17.2. The van der Waals surface area contributed by atoms with Crippen molar-refractivity contribution < 1.29 is 38.5 Å². The van der Waals surface area contributed by atoms with Crippen LogP contribution >= 0.6 is 0 Å². The van der Waals surface area contributed by atoms with Crippen LogP contribution in [0.1, 0.15) is 79.0 Å². The van der Waals surface area contributed by atoms with Gasteiger partial charge in [-0.3, -0.25) is 0 Å². The molecule has 0 saturated heterocycles. The zero-order chi connectivity index (χ0) is 46.0. The fourth-order valence-electron chi connectivity index (χ4n) is 6.61. The van der Waals surface area contributed by atoms with Gasteiger partial charge in [0, 0.05) is 40.0 Å². The van der Waals surface area contributed by atoms with Gasteiger partial charge in [0.15, 0.2) is 0 Å². The van der Waals surface area contributed by atoms with Crippen LogP contribution < -0.4 is 4.40 Å². The molecule has 0 atom stereocenters. The van der Waals surface area contributed by atoms with E-state index in [9.17, 15) is 4.39 Å². The molecule has 0 bridgehead atoms. The number of hydrogen-bond acceptors (Lipinski definition) is 4. The predicted molar refractivity (Wildman–Crippen MR) is 231 cm³/mol. The van der Waals surface area contributed by atoms with Crippen LogP contribution in [0.4, 0.5) is 4.39 Å². The number of aromatic nitrogens is 3. The molecular formula is C49H54FGeIrN3O-2. The molecule has 7 aromatic rings. The van der Waals surface area contributed by atoms with Gasteiger partial charge in [-0.2, -0.15) is 0 Å². The fourth-order valence-corrected chi connectivity index (χ4v) is 9.54. The minimum atomic E-state index is -2.47. The van der Waals surface area contributed by atoms with Crippen molar-refractivity contribution in [2.24, 2.45) is 10.8 Å². The monoisotopic (exact) mass is 993 g/mol. The van der Waals surface area contributed by atoms with Gasteiger partial charge in [0.1, 0.15) is 0 Å². The molecule has 0 aliphatic rings. The van der Waals surface area contributed by atoms with E-state index < -0.39 is 49.5 Å². The quantitative estimate of drug-likeness (QED) is 0.123. The minimum Gasteiger partial charge on any atom is -0.486 e. The maximum atomic E-state index is 14.7. The summed E-state index contributed by atoms with van der Waals surface area (Å²) in [6.07, 6.45) is 0.155. The van der Waals surface area contributed by atoms with E-state index in [1.54, 1.807) is 30.6 Å². The Kier molecular flexibility index (Phi) is 10.3. The molecule has 0 N–H and O–H groups in total. The average molecular weight is 992 g/mol. The smallest absolute Gasteiger partial charge is 0.216 e. The van der Waals surface area contributed by atoms with Crippen LogP contribution in [0.3, 0.4) is 0 Å². The van der Waals surface area contributed by atoms with Crippen molar-refractivity contribution >= 4 is 39.7 Å². The number of furan rings is 1. The zero-order valence-corrected chi connectivity index (χ0v) is 38.5. The first-order valence-electron chi connectivity index (χ1n) is 22.0. The summed E-state index contributed by atoms with van der Waals surface area (Å²) >= 11 is -2.47. The fraction of sp³-hybridized carbons (Fsp3) is 0.327. The Labute approximate surface area is 359 Å². The molecule has 0 unspecified atom stereocenters. The summed E-state index contributed by atoms with van der Waals surface area (Å²) in [5.41, 5.74) is 6.98. The van der Waals surface area contributed by atoms with Gasteiger partial charge < -0.3 is 9.40 Å². The van der Waals surface area contributed by atoms with E-state index in [0.717, 1.165) is 32.5 Å². The van der Waals surface area contributed by atoms with E-state index in [1.165, 1.54) is 17.2 Å². The van der Waals surface area contributed by atoms with Crippen molar-refractivity contribution in [2.75, 3.05) is 0 Å². The molecule has 0 aliphatic heterocycles. The van der Waals surface area contributed by atoms with E-state index in [4.69, 9.17) is 19.0 Å². The number of benzene rings is 3. The Morgan fingerprint density at radius 2 is 1.50 bits per heavy atom. The van der Waals surface area contributed by atoms with Gasteiger partial charge in [-0.25, -0.2) is 4.98 Å². The largest absolute Gasteiger partial charge is 0.486 e. The minimum absolute atomic E-state index is 0. The topological polar surface area (TPSA) is 51.8 Å². The Morgan fingerprint density at radius 1 is 0.804 bits per heavy atom. The number of pyridine rings is 3. The number of rotatable bonds is 6. The molecule has 7 rings (SSSR count). The molecule has 0 amide bonds. The molecule has 4 heterocycles. The molecule has 7 heteroatoms. The molecule has 0 fully saturated rings.